The molecule has 0 saturated carbocycles. The van der Waals surface area contributed by atoms with Gasteiger partial charge in [-0.25, -0.2) is 4.79 Å². The molecule has 3 nitrogen and oxygen atoms in total. The van der Waals surface area contributed by atoms with E-state index < -0.39 is 11.8 Å². The van der Waals surface area contributed by atoms with Gasteiger partial charge in [-0.1, -0.05) is 35.0 Å². The van der Waals surface area contributed by atoms with Gasteiger partial charge in [-0.3, -0.25) is 4.79 Å². The molecule has 0 heterocycles. The van der Waals surface area contributed by atoms with Crippen LogP contribution in [0.4, 0.5) is 0 Å². The number of esters is 1. The van der Waals surface area contributed by atoms with Crippen LogP contribution < -0.4 is 4.74 Å². The van der Waals surface area contributed by atoms with Crippen molar-refractivity contribution < 1.29 is 14.3 Å². The predicted octanol–water partition coefficient (Wildman–Crippen LogP) is 2.47. The number of ether oxygens (including phenoxy) is 1. The third-order valence-electron chi connectivity index (χ3n) is 1.84. The lowest BCUT2D eigenvalue weighted by atomic mass is 10.2. The van der Waals surface area contributed by atoms with Crippen molar-refractivity contribution >= 4 is 27.7 Å². The first kappa shape index (κ1) is 11.9. The number of benzene rings is 1. The smallest absolute Gasteiger partial charge is 0.379 e. The van der Waals surface area contributed by atoms with E-state index in [0.717, 1.165) is 10.9 Å². The Balaban J connectivity index is 2.65. The molecule has 0 bridgehead atoms. The number of carbonyl (C=O) groups excluding carboxylic acids is 2. The maximum Gasteiger partial charge on any atom is 0.379 e. The summed E-state index contributed by atoms with van der Waals surface area (Å²) in [6.45, 7) is 1.62. The minimum Gasteiger partial charge on any atom is -0.421 e. The Labute approximate surface area is 96.6 Å². The van der Waals surface area contributed by atoms with Crippen LogP contribution in [0.1, 0.15) is 18.9 Å². The van der Waals surface area contributed by atoms with E-state index in [4.69, 9.17) is 4.74 Å². The third kappa shape index (κ3) is 3.47. The number of ketones is 1. The Bertz CT molecular complexity index is 357. The minimum atomic E-state index is -0.802. The topological polar surface area (TPSA) is 43.4 Å². The second-order valence-corrected chi connectivity index (χ2v) is 3.50. The van der Waals surface area contributed by atoms with Crippen molar-refractivity contribution in [2.24, 2.45) is 0 Å². The van der Waals surface area contributed by atoms with Crippen molar-refractivity contribution in [2.45, 2.75) is 18.7 Å². The van der Waals surface area contributed by atoms with Crippen LogP contribution in [-0.4, -0.2) is 11.8 Å². The molecule has 80 valence electrons. The van der Waals surface area contributed by atoms with Crippen molar-refractivity contribution in [1.82, 2.24) is 0 Å². The van der Waals surface area contributed by atoms with E-state index >= 15 is 0 Å². The third-order valence-corrected chi connectivity index (χ3v) is 2.48. The molecule has 0 aliphatic heterocycles. The molecule has 0 aliphatic carbocycles. The number of hydrogen-bond donors (Lipinski definition) is 0. The molecule has 0 atom stereocenters. The zero-order valence-corrected chi connectivity index (χ0v) is 9.91. The molecule has 1 rings (SSSR count). The number of carbonyl (C=O) groups is 2. The SMILES string of the molecule is CCC(=O)C(=O)Oc1ccc(CBr)cc1. The van der Waals surface area contributed by atoms with Gasteiger partial charge in [-0.05, 0) is 17.7 Å². The van der Waals surface area contributed by atoms with Gasteiger partial charge in [-0.2, -0.15) is 0 Å². The van der Waals surface area contributed by atoms with Crippen LogP contribution in [0.25, 0.3) is 0 Å². The average molecular weight is 271 g/mol. The highest BCUT2D eigenvalue weighted by Gasteiger charge is 2.13. The summed E-state index contributed by atoms with van der Waals surface area (Å²) >= 11 is 3.31. The summed E-state index contributed by atoms with van der Waals surface area (Å²) < 4.78 is 4.86. The van der Waals surface area contributed by atoms with Gasteiger partial charge in [0.1, 0.15) is 5.75 Å². The van der Waals surface area contributed by atoms with E-state index in [9.17, 15) is 9.59 Å². The fourth-order valence-electron chi connectivity index (χ4n) is 0.955. The summed E-state index contributed by atoms with van der Waals surface area (Å²) in [6, 6.07) is 6.98. The maximum atomic E-state index is 11.1. The number of halogens is 1. The van der Waals surface area contributed by atoms with E-state index in [2.05, 4.69) is 15.9 Å². The monoisotopic (exact) mass is 270 g/mol. The lowest BCUT2D eigenvalue weighted by molar-refractivity contribution is -0.146. The summed E-state index contributed by atoms with van der Waals surface area (Å²) in [4.78, 5) is 22.1. The van der Waals surface area contributed by atoms with E-state index in [0.29, 0.717) is 5.75 Å². The van der Waals surface area contributed by atoms with Gasteiger partial charge in [0, 0.05) is 11.8 Å². The molecule has 0 spiro atoms. The number of hydrogen-bond acceptors (Lipinski definition) is 3. The van der Waals surface area contributed by atoms with Crippen LogP contribution in [-0.2, 0) is 14.9 Å². The van der Waals surface area contributed by atoms with E-state index in [1.165, 1.54) is 0 Å². The summed E-state index contributed by atoms with van der Waals surface area (Å²) in [6.07, 6.45) is 0.165. The Morgan fingerprint density at radius 1 is 1.27 bits per heavy atom. The second-order valence-electron chi connectivity index (χ2n) is 2.94. The highest BCUT2D eigenvalue weighted by atomic mass is 79.9. The van der Waals surface area contributed by atoms with Gasteiger partial charge < -0.3 is 4.74 Å². The molecule has 0 N–H and O–H groups in total. The Morgan fingerprint density at radius 2 is 1.87 bits per heavy atom. The van der Waals surface area contributed by atoms with Gasteiger partial charge in [0.15, 0.2) is 0 Å². The molecular weight excluding hydrogens is 260 g/mol. The molecule has 0 fully saturated rings. The predicted molar refractivity (Wildman–Crippen MR) is 60.0 cm³/mol. The number of rotatable bonds is 4. The van der Waals surface area contributed by atoms with Gasteiger partial charge in [0.2, 0.25) is 5.78 Å². The van der Waals surface area contributed by atoms with Crippen LogP contribution in [0.3, 0.4) is 0 Å². The lowest BCUT2D eigenvalue weighted by Crippen LogP contribution is -2.19. The van der Waals surface area contributed by atoms with Crippen molar-refractivity contribution in [2.75, 3.05) is 0 Å². The van der Waals surface area contributed by atoms with E-state index in [1.54, 1.807) is 19.1 Å². The van der Waals surface area contributed by atoms with Crippen molar-refractivity contribution in [3.8, 4) is 5.75 Å². The van der Waals surface area contributed by atoms with Crippen LogP contribution in [0.15, 0.2) is 24.3 Å². The number of Topliss-reactive ketones (excluding diaryl/α,β-unsaturated/α-hetero) is 1. The average Bonchev–Trinajstić information content (AvgIpc) is 2.29. The molecule has 4 heteroatoms. The molecule has 0 aromatic heterocycles. The Hall–Kier alpha value is -1.16. The molecule has 0 unspecified atom stereocenters. The molecular formula is C11H11BrO3. The molecule has 0 amide bonds. The van der Waals surface area contributed by atoms with Crippen molar-refractivity contribution in [3.63, 3.8) is 0 Å². The van der Waals surface area contributed by atoms with Gasteiger partial charge in [-0.15, -0.1) is 0 Å². The first-order chi connectivity index (χ1) is 7.17. The molecule has 0 radical (unpaired) electrons. The highest BCUT2D eigenvalue weighted by Crippen LogP contribution is 2.14. The highest BCUT2D eigenvalue weighted by molar-refractivity contribution is 9.08. The van der Waals surface area contributed by atoms with Crippen LogP contribution in [0, 0.1) is 0 Å². The first-order valence-electron chi connectivity index (χ1n) is 4.57. The molecule has 0 aliphatic rings. The standard InChI is InChI=1S/C11H11BrO3/c1-2-10(13)11(14)15-9-5-3-8(7-12)4-6-9/h3-6H,2,7H2,1H3. The van der Waals surface area contributed by atoms with Crippen molar-refractivity contribution in [3.05, 3.63) is 29.8 Å². The first-order valence-corrected chi connectivity index (χ1v) is 5.69. The van der Waals surface area contributed by atoms with Crippen molar-refractivity contribution in [1.29, 1.82) is 0 Å². The fourth-order valence-corrected chi connectivity index (χ4v) is 1.33. The van der Waals surface area contributed by atoms with Crippen LogP contribution >= 0.6 is 15.9 Å². The largest absolute Gasteiger partial charge is 0.421 e. The fraction of sp³-hybridized carbons (Fsp3) is 0.273. The Kier molecular flexibility index (Phi) is 4.49. The quantitative estimate of drug-likeness (QED) is 0.365. The van der Waals surface area contributed by atoms with E-state index in [-0.39, 0.29) is 6.42 Å². The number of alkyl halides is 1. The summed E-state index contributed by atoms with van der Waals surface area (Å²) in [5.74, 6) is -0.921. The van der Waals surface area contributed by atoms with Gasteiger partial charge >= 0.3 is 5.97 Å². The summed E-state index contributed by atoms with van der Waals surface area (Å²) in [5.41, 5.74) is 1.08. The van der Waals surface area contributed by atoms with Crippen LogP contribution in [0.5, 0.6) is 5.75 Å². The van der Waals surface area contributed by atoms with Crippen LogP contribution in [0.2, 0.25) is 0 Å². The molecule has 1 aromatic carbocycles. The second kappa shape index (κ2) is 5.66. The maximum absolute atomic E-state index is 11.1. The molecule has 1 aromatic rings. The zero-order chi connectivity index (χ0) is 11.3. The van der Waals surface area contributed by atoms with Gasteiger partial charge in [0.25, 0.3) is 0 Å². The Morgan fingerprint density at radius 3 is 2.33 bits per heavy atom. The summed E-state index contributed by atoms with van der Waals surface area (Å²) in [5, 5.41) is 0.745. The zero-order valence-electron chi connectivity index (χ0n) is 8.33. The molecule has 0 saturated heterocycles. The molecule has 15 heavy (non-hydrogen) atoms. The normalized spacial score (nSPS) is 9.73. The minimum absolute atomic E-state index is 0.165. The lowest BCUT2D eigenvalue weighted by Gasteiger charge is -2.02. The van der Waals surface area contributed by atoms with Gasteiger partial charge in [0.05, 0.1) is 0 Å². The van der Waals surface area contributed by atoms with E-state index in [1.807, 2.05) is 12.1 Å². The summed E-state index contributed by atoms with van der Waals surface area (Å²) in [7, 11) is 0.